The molecule has 0 atom stereocenters. The topological polar surface area (TPSA) is 114 Å². The number of nitrogens with one attached hydrogen (secondary N) is 2. The molecule has 158 valence electrons. The molecule has 2 aromatic rings. The van der Waals surface area contributed by atoms with Gasteiger partial charge in [0.05, 0.1) is 30.2 Å². The number of hydrogen-bond acceptors (Lipinski definition) is 6. The third-order valence-corrected chi connectivity index (χ3v) is 4.96. The molecule has 10 heteroatoms. The van der Waals surface area contributed by atoms with Crippen molar-refractivity contribution in [3.05, 3.63) is 57.1 Å². The van der Waals surface area contributed by atoms with Crippen molar-refractivity contribution < 1.29 is 19.2 Å². The lowest BCUT2D eigenvalue weighted by Crippen LogP contribution is -2.29. The van der Waals surface area contributed by atoms with Crippen LogP contribution in [-0.2, 0) is 4.79 Å². The summed E-state index contributed by atoms with van der Waals surface area (Å²) < 4.78 is 4.98. The number of methoxy groups -OCH3 is 1. The highest BCUT2D eigenvalue weighted by Crippen LogP contribution is 2.29. The van der Waals surface area contributed by atoms with Crippen LogP contribution in [0.2, 0.25) is 5.02 Å². The number of nitro groups is 1. The molecule has 9 nitrogen and oxygen atoms in total. The van der Waals surface area contributed by atoms with Gasteiger partial charge in [0.25, 0.3) is 11.6 Å². The molecule has 0 saturated carbocycles. The third-order valence-electron chi connectivity index (χ3n) is 4.72. The van der Waals surface area contributed by atoms with E-state index in [1.807, 2.05) is 0 Å². The molecule has 0 aliphatic carbocycles. The van der Waals surface area contributed by atoms with Crippen molar-refractivity contribution in [3.8, 4) is 5.75 Å². The van der Waals surface area contributed by atoms with Crippen molar-refractivity contribution in [2.75, 3.05) is 37.4 Å². The molecule has 0 radical (unpaired) electrons. The number of anilines is 2. The first kappa shape index (κ1) is 21.4. The summed E-state index contributed by atoms with van der Waals surface area (Å²) in [6, 6.07) is 8.97. The first-order chi connectivity index (χ1) is 14.4. The van der Waals surface area contributed by atoms with Gasteiger partial charge < -0.3 is 20.3 Å². The van der Waals surface area contributed by atoms with Crippen LogP contribution in [0.4, 0.5) is 17.1 Å². The predicted molar refractivity (Wildman–Crippen MR) is 113 cm³/mol. The van der Waals surface area contributed by atoms with Crippen molar-refractivity contribution in [2.24, 2.45) is 0 Å². The van der Waals surface area contributed by atoms with Crippen molar-refractivity contribution in [1.82, 2.24) is 4.90 Å². The molecule has 1 aliphatic heterocycles. The van der Waals surface area contributed by atoms with Crippen LogP contribution >= 0.6 is 11.6 Å². The molecule has 1 aliphatic rings. The second-order valence-corrected chi connectivity index (χ2v) is 7.17. The maximum absolute atomic E-state index is 12.8. The van der Waals surface area contributed by atoms with E-state index in [9.17, 15) is 19.7 Å². The van der Waals surface area contributed by atoms with Gasteiger partial charge in [-0.2, -0.15) is 0 Å². The average molecular weight is 433 g/mol. The Balaban J connectivity index is 1.71. The van der Waals surface area contributed by atoms with Gasteiger partial charge in [-0.05, 0) is 43.2 Å². The fourth-order valence-corrected chi connectivity index (χ4v) is 3.38. The first-order valence-electron chi connectivity index (χ1n) is 9.34. The summed E-state index contributed by atoms with van der Waals surface area (Å²) in [6.07, 6.45) is 1.91. The van der Waals surface area contributed by atoms with Crippen molar-refractivity contribution in [1.29, 1.82) is 0 Å². The van der Waals surface area contributed by atoms with Gasteiger partial charge >= 0.3 is 0 Å². The summed E-state index contributed by atoms with van der Waals surface area (Å²) in [4.78, 5) is 37.6. The van der Waals surface area contributed by atoms with E-state index in [1.165, 1.54) is 25.3 Å². The number of carbonyl (C=O) groups is 2. The Hall–Kier alpha value is -3.33. The van der Waals surface area contributed by atoms with E-state index in [4.69, 9.17) is 16.3 Å². The zero-order valence-corrected chi connectivity index (χ0v) is 17.1. The lowest BCUT2D eigenvalue weighted by atomic mass is 10.1. The zero-order chi connectivity index (χ0) is 21.7. The molecule has 2 aromatic carbocycles. The Morgan fingerprint density at radius 2 is 1.87 bits per heavy atom. The van der Waals surface area contributed by atoms with Crippen LogP contribution in [0.3, 0.4) is 0 Å². The van der Waals surface area contributed by atoms with Crippen LogP contribution in [0.1, 0.15) is 23.2 Å². The van der Waals surface area contributed by atoms with Gasteiger partial charge in [-0.25, -0.2) is 0 Å². The fraction of sp³-hybridized carbons (Fsp3) is 0.300. The molecule has 1 saturated heterocycles. The van der Waals surface area contributed by atoms with Crippen LogP contribution in [0.15, 0.2) is 36.4 Å². The van der Waals surface area contributed by atoms with Crippen LogP contribution in [-0.4, -0.2) is 48.4 Å². The molecule has 30 heavy (non-hydrogen) atoms. The lowest BCUT2D eigenvalue weighted by molar-refractivity contribution is -0.384. The van der Waals surface area contributed by atoms with Gasteiger partial charge in [0.15, 0.2) is 0 Å². The largest absolute Gasteiger partial charge is 0.496 e. The Bertz CT molecular complexity index is 976. The Morgan fingerprint density at radius 3 is 2.53 bits per heavy atom. The average Bonchev–Trinajstić information content (AvgIpc) is 3.27. The Kier molecular flexibility index (Phi) is 6.73. The summed E-state index contributed by atoms with van der Waals surface area (Å²) >= 11 is 6.06. The minimum absolute atomic E-state index is 0.0528. The molecule has 0 bridgehead atoms. The molecule has 3 rings (SSSR count). The van der Waals surface area contributed by atoms with Crippen LogP contribution in [0, 0.1) is 10.1 Å². The van der Waals surface area contributed by atoms with Crippen molar-refractivity contribution in [3.63, 3.8) is 0 Å². The summed E-state index contributed by atoms with van der Waals surface area (Å²) in [5.41, 5.74) is 0.625. The fourth-order valence-electron chi connectivity index (χ4n) is 3.20. The van der Waals surface area contributed by atoms with E-state index < -0.39 is 10.8 Å². The minimum atomic E-state index is -0.600. The molecular weight excluding hydrogens is 412 g/mol. The third kappa shape index (κ3) is 4.98. The van der Waals surface area contributed by atoms with E-state index in [1.54, 1.807) is 23.1 Å². The van der Waals surface area contributed by atoms with Gasteiger partial charge in [-0.15, -0.1) is 0 Å². The number of amides is 2. The van der Waals surface area contributed by atoms with Crippen LogP contribution in [0.5, 0.6) is 5.75 Å². The van der Waals surface area contributed by atoms with Crippen molar-refractivity contribution >= 4 is 40.5 Å². The van der Waals surface area contributed by atoms with Crippen LogP contribution in [0.25, 0.3) is 0 Å². The van der Waals surface area contributed by atoms with Gasteiger partial charge in [-0.3, -0.25) is 19.7 Å². The summed E-state index contributed by atoms with van der Waals surface area (Å²) in [6.45, 7) is 1.18. The molecule has 1 fully saturated rings. The summed E-state index contributed by atoms with van der Waals surface area (Å²) in [5.74, 6) is -0.342. The molecule has 0 aromatic heterocycles. The van der Waals surface area contributed by atoms with E-state index >= 15 is 0 Å². The molecule has 0 unspecified atom stereocenters. The molecule has 0 spiro atoms. The highest BCUT2D eigenvalue weighted by molar-refractivity contribution is 6.31. The number of halogens is 1. The summed E-state index contributed by atoms with van der Waals surface area (Å²) in [7, 11) is 1.40. The highest BCUT2D eigenvalue weighted by atomic mass is 35.5. The number of nitrogens with zero attached hydrogens (tertiary/aromatic N) is 2. The van der Waals surface area contributed by atoms with E-state index in [0.29, 0.717) is 35.1 Å². The number of nitro benzene ring substituents is 1. The predicted octanol–water partition coefficient (Wildman–Crippen LogP) is 3.54. The number of carbonyl (C=O) groups excluding carboxylic acids is 2. The van der Waals surface area contributed by atoms with Gasteiger partial charge in [0.1, 0.15) is 11.4 Å². The minimum Gasteiger partial charge on any atom is -0.496 e. The molecule has 1 heterocycles. The number of rotatable bonds is 7. The monoisotopic (exact) mass is 432 g/mol. The maximum atomic E-state index is 12.8. The second-order valence-electron chi connectivity index (χ2n) is 6.73. The van der Waals surface area contributed by atoms with Crippen LogP contribution < -0.4 is 15.4 Å². The van der Waals surface area contributed by atoms with Crippen molar-refractivity contribution in [2.45, 2.75) is 12.8 Å². The Labute approximate surface area is 178 Å². The molecule has 2 N–H and O–H groups in total. The maximum Gasteiger partial charge on any atom is 0.296 e. The first-order valence-corrected chi connectivity index (χ1v) is 9.72. The quantitative estimate of drug-likeness (QED) is 0.511. The number of hydrogen-bond donors (Lipinski definition) is 2. The van der Waals surface area contributed by atoms with Gasteiger partial charge in [0.2, 0.25) is 5.91 Å². The van der Waals surface area contributed by atoms with Gasteiger partial charge in [-0.1, -0.05) is 11.6 Å². The normalized spacial score (nSPS) is 13.1. The number of ether oxygens (including phenoxy) is 1. The van der Waals surface area contributed by atoms with E-state index in [2.05, 4.69) is 10.6 Å². The number of likely N-dealkylation sites (tertiary alicyclic amines) is 1. The van der Waals surface area contributed by atoms with E-state index in [-0.39, 0.29) is 23.8 Å². The molecule has 2 amide bonds. The number of benzene rings is 2. The zero-order valence-electron chi connectivity index (χ0n) is 16.3. The molecular formula is C20H21ClN4O5. The van der Waals surface area contributed by atoms with Gasteiger partial charge in [0, 0.05) is 23.8 Å². The Morgan fingerprint density at radius 1 is 1.17 bits per heavy atom. The SMILES string of the molecule is COc1ccc(NC(=O)CNc2ccc(Cl)cc2C(=O)N2CCCC2)c([N+](=O)[O-])c1. The second kappa shape index (κ2) is 9.45. The summed E-state index contributed by atoms with van der Waals surface area (Å²) in [5, 5.41) is 17.1. The standard InChI is InChI=1S/C20H21ClN4O5/c1-30-14-5-7-17(18(11-14)25(28)29)23-19(26)12-22-16-6-4-13(21)10-15(16)20(27)24-8-2-3-9-24/h4-7,10-11,22H,2-3,8-9,12H2,1H3,(H,23,26). The smallest absolute Gasteiger partial charge is 0.296 e. The highest BCUT2D eigenvalue weighted by Gasteiger charge is 2.23. The van der Waals surface area contributed by atoms with E-state index in [0.717, 1.165) is 12.8 Å². The lowest BCUT2D eigenvalue weighted by Gasteiger charge is -2.18.